The smallest absolute Gasteiger partial charge is 0.276 e. The normalized spacial score (nSPS) is 12.6. The zero-order chi connectivity index (χ0) is 23.0. The average molecular weight is 457 g/mol. The van der Waals surface area contributed by atoms with Gasteiger partial charge in [0.05, 0.1) is 10.8 Å². The Labute approximate surface area is 192 Å². The molecule has 0 amide bonds. The molecule has 2 heterocycles. The molecule has 5 rings (SSSR count). The van der Waals surface area contributed by atoms with Crippen molar-refractivity contribution in [2.24, 2.45) is 5.10 Å². The highest BCUT2D eigenvalue weighted by Gasteiger charge is 2.25. The molecule has 5 aromatic rings. The van der Waals surface area contributed by atoms with E-state index >= 15 is 0 Å². The minimum absolute atomic E-state index is 0.181. The molecule has 0 saturated carbocycles. The summed E-state index contributed by atoms with van der Waals surface area (Å²) in [6.45, 7) is 3.77. The molecule has 2 aromatic heterocycles. The lowest BCUT2D eigenvalue weighted by Crippen LogP contribution is -2.22. The minimum Gasteiger partial charge on any atom is -0.361 e. The molecule has 0 aliphatic heterocycles. The molecule has 6 nitrogen and oxygen atoms in total. The lowest BCUT2D eigenvalue weighted by atomic mass is 9.87. The van der Waals surface area contributed by atoms with Crippen LogP contribution in [0, 0.1) is 6.92 Å². The molecule has 0 aliphatic rings. The number of rotatable bonds is 6. The van der Waals surface area contributed by atoms with Crippen molar-refractivity contribution in [2.45, 2.75) is 24.7 Å². The van der Waals surface area contributed by atoms with E-state index in [4.69, 9.17) is 0 Å². The fraction of sp³-hybridized carbons (Fsp3) is 0.115. The van der Waals surface area contributed by atoms with Gasteiger partial charge in [-0.2, -0.15) is 13.5 Å². The molecule has 0 fully saturated rings. The van der Waals surface area contributed by atoms with Crippen LogP contribution in [0.5, 0.6) is 0 Å². The first-order chi connectivity index (χ1) is 15.9. The Bertz CT molecular complexity index is 1500. The van der Waals surface area contributed by atoms with E-state index in [1.807, 2.05) is 62.6 Å². The van der Waals surface area contributed by atoms with Crippen molar-refractivity contribution in [3.05, 3.63) is 102 Å². The molecule has 0 radical (unpaired) electrons. The number of H-pyrrole nitrogens is 2. The molecule has 3 N–H and O–H groups in total. The summed E-state index contributed by atoms with van der Waals surface area (Å²) in [4.78, 5) is 9.28. The van der Waals surface area contributed by atoms with Crippen molar-refractivity contribution in [2.75, 3.05) is 0 Å². The topological polar surface area (TPSA) is 90.1 Å². The van der Waals surface area contributed by atoms with E-state index in [0.717, 1.165) is 38.5 Å². The maximum Gasteiger partial charge on any atom is 0.276 e. The number of nitrogens with one attached hydrogen (secondary N) is 3. The molecular formula is C26H24N4O2S. The fourth-order valence-electron chi connectivity index (χ4n) is 4.25. The van der Waals surface area contributed by atoms with Crippen LogP contribution in [0.2, 0.25) is 0 Å². The van der Waals surface area contributed by atoms with Gasteiger partial charge in [-0.15, -0.1) is 0 Å². The molecule has 0 spiro atoms. The summed E-state index contributed by atoms with van der Waals surface area (Å²) in [6, 6.07) is 22.8. The number of sulfonamides is 1. The van der Waals surface area contributed by atoms with Gasteiger partial charge in [0, 0.05) is 39.9 Å². The van der Waals surface area contributed by atoms with Crippen LogP contribution in [-0.2, 0) is 10.0 Å². The van der Waals surface area contributed by atoms with Crippen molar-refractivity contribution in [3.63, 3.8) is 0 Å². The van der Waals surface area contributed by atoms with Crippen molar-refractivity contribution < 1.29 is 8.42 Å². The number of aromatic amines is 2. The first-order valence-corrected chi connectivity index (χ1v) is 12.2. The summed E-state index contributed by atoms with van der Waals surface area (Å²) < 4.78 is 25.7. The number of fused-ring (bicyclic) bond motifs is 2. The van der Waals surface area contributed by atoms with Crippen LogP contribution in [-0.4, -0.2) is 24.1 Å². The van der Waals surface area contributed by atoms with Crippen LogP contribution < -0.4 is 4.83 Å². The van der Waals surface area contributed by atoms with Crippen molar-refractivity contribution >= 4 is 37.5 Å². The first kappa shape index (κ1) is 21.0. The molecule has 33 heavy (non-hydrogen) atoms. The summed E-state index contributed by atoms with van der Waals surface area (Å²) in [5.74, 6) is -0.252. The Morgan fingerprint density at radius 2 is 1.33 bits per heavy atom. The van der Waals surface area contributed by atoms with Gasteiger partial charge in [0.25, 0.3) is 10.0 Å². The predicted octanol–water partition coefficient (Wildman–Crippen LogP) is 5.44. The highest BCUT2D eigenvalue weighted by Crippen LogP contribution is 2.35. The van der Waals surface area contributed by atoms with Crippen molar-refractivity contribution in [1.82, 2.24) is 14.8 Å². The maximum atomic E-state index is 12.8. The number of aromatic nitrogens is 2. The van der Waals surface area contributed by atoms with Crippen LogP contribution in [0.15, 0.2) is 95.2 Å². The van der Waals surface area contributed by atoms with Gasteiger partial charge >= 0.3 is 0 Å². The second kappa shape index (κ2) is 8.26. The van der Waals surface area contributed by atoms with Crippen molar-refractivity contribution in [3.8, 4) is 0 Å². The largest absolute Gasteiger partial charge is 0.361 e. The molecule has 0 bridgehead atoms. The third-order valence-corrected chi connectivity index (χ3v) is 7.18. The number of para-hydroxylation sites is 2. The quantitative estimate of drug-likeness (QED) is 0.234. The molecule has 0 aliphatic carbocycles. The van der Waals surface area contributed by atoms with E-state index in [1.54, 1.807) is 24.3 Å². The second-order valence-corrected chi connectivity index (χ2v) is 9.83. The SMILES string of the molecule is C/C(=N/NS(=O)(=O)c1ccc(C)cc1)C(c1c[nH]c2ccccc12)c1c[nH]c2ccccc12. The summed E-state index contributed by atoms with van der Waals surface area (Å²) in [5, 5.41) is 6.52. The van der Waals surface area contributed by atoms with E-state index in [-0.39, 0.29) is 10.8 Å². The van der Waals surface area contributed by atoms with Gasteiger partial charge in [0.1, 0.15) is 0 Å². The highest BCUT2D eigenvalue weighted by atomic mass is 32.2. The lowest BCUT2D eigenvalue weighted by molar-refractivity contribution is 0.584. The molecule has 3 aromatic carbocycles. The van der Waals surface area contributed by atoms with Gasteiger partial charge in [-0.3, -0.25) is 0 Å². The highest BCUT2D eigenvalue weighted by molar-refractivity contribution is 7.89. The van der Waals surface area contributed by atoms with Crippen LogP contribution in [0.25, 0.3) is 21.8 Å². The third kappa shape index (κ3) is 3.91. The zero-order valence-electron chi connectivity index (χ0n) is 18.3. The Balaban J connectivity index is 1.60. The van der Waals surface area contributed by atoms with Gasteiger partial charge in [0.15, 0.2) is 0 Å². The number of hydrogen-bond donors (Lipinski definition) is 3. The average Bonchev–Trinajstić information content (AvgIpc) is 3.44. The number of hydrogen-bond acceptors (Lipinski definition) is 3. The Hall–Kier alpha value is -3.84. The van der Waals surface area contributed by atoms with Gasteiger partial charge in [-0.25, -0.2) is 4.83 Å². The summed E-state index contributed by atoms with van der Waals surface area (Å²) in [5.41, 5.74) is 5.74. The van der Waals surface area contributed by atoms with Crippen molar-refractivity contribution in [1.29, 1.82) is 0 Å². The predicted molar refractivity (Wildman–Crippen MR) is 133 cm³/mol. The molecule has 7 heteroatoms. The standard InChI is InChI=1S/C26H24N4O2S/c1-17-11-13-19(14-12-17)33(31,32)30-29-18(2)26(22-15-27-24-9-5-3-7-20(22)24)23-16-28-25-10-6-4-8-21(23)25/h3-16,26-28,30H,1-2H3/b29-18-. The summed E-state index contributed by atoms with van der Waals surface area (Å²) in [7, 11) is -3.78. The summed E-state index contributed by atoms with van der Waals surface area (Å²) in [6.07, 6.45) is 3.95. The van der Waals surface area contributed by atoms with Gasteiger partial charge in [-0.1, -0.05) is 54.1 Å². The second-order valence-electron chi connectivity index (χ2n) is 8.17. The Kier molecular flexibility index (Phi) is 5.26. The first-order valence-electron chi connectivity index (χ1n) is 10.7. The zero-order valence-corrected chi connectivity index (χ0v) is 19.1. The Morgan fingerprint density at radius 1 is 0.818 bits per heavy atom. The van der Waals surface area contributed by atoms with Crippen LogP contribution in [0.1, 0.15) is 29.5 Å². The van der Waals surface area contributed by atoms with Crippen LogP contribution >= 0.6 is 0 Å². The van der Waals surface area contributed by atoms with E-state index in [1.165, 1.54) is 0 Å². The monoisotopic (exact) mass is 456 g/mol. The molecule has 0 atom stereocenters. The number of benzene rings is 3. The summed E-state index contributed by atoms with van der Waals surface area (Å²) >= 11 is 0. The number of hydrazone groups is 1. The van der Waals surface area contributed by atoms with Gasteiger partial charge in [-0.05, 0) is 49.2 Å². The van der Waals surface area contributed by atoms with E-state index < -0.39 is 10.0 Å². The third-order valence-electron chi connectivity index (χ3n) is 5.96. The lowest BCUT2D eigenvalue weighted by Gasteiger charge is -2.17. The van der Waals surface area contributed by atoms with Gasteiger partial charge in [0.2, 0.25) is 0 Å². The molecule has 0 unspecified atom stereocenters. The molecule has 0 saturated heterocycles. The van der Waals surface area contributed by atoms with E-state index in [9.17, 15) is 8.42 Å². The molecule has 166 valence electrons. The number of nitrogens with zero attached hydrogens (tertiary/aromatic N) is 1. The maximum absolute atomic E-state index is 12.8. The fourth-order valence-corrected chi connectivity index (χ4v) is 5.11. The molecular weight excluding hydrogens is 432 g/mol. The minimum atomic E-state index is -3.78. The Morgan fingerprint density at radius 3 is 1.88 bits per heavy atom. The number of aryl methyl sites for hydroxylation is 1. The van der Waals surface area contributed by atoms with Gasteiger partial charge < -0.3 is 9.97 Å². The van der Waals surface area contributed by atoms with E-state index in [0.29, 0.717) is 5.71 Å². The van der Waals surface area contributed by atoms with E-state index in [2.05, 4.69) is 32.0 Å². The van der Waals surface area contributed by atoms with Crippen LogP contribution in [0.4, 0.5) is 0 Å². The van der Waals surface area contributed by atoms with Crippen LogP contribution in [0.3, 0.4) is 0 Å².